The normalized spacial score (nSPS) is 12.0. The highest BCUT2D eigenvalue weighted by Crippen LogP contribution is 2.38. The fourth-order valence-electron chi connectivity index (χ4n) is 3.30. The van der Waals surface area contributed by atoms with Crippen molar-refractivity contribution >= 4 is 21.7 Å². The first kappa shape index (κ1) is 14.9. The van der Waals surface area contributed by atoms with Crippen molar-refractivity contribution in [2.24, 2.45) is 0 Å². The van der Waals surface area contributed by atoms with Crippen molar-refractivity contribution in [3.8, 4) is 11.3 Å². The van der Waals surface area contributed by atoms with Crippen LogP contribution in [0.1, 0.15) is 26.3 Å². The third-order valence-corrected chi connectivity index (χ3v) is 4.52. The Labute approximate surface area is 142 Å². The first-order valence-electron chi connectivity index (χ1n) is 8.38. The Kier molecular flexibility index (Phi) is 3.38. The largest absolute Gasteiger partial charge is 0.361 e. The quantitative estimate of drug-likeness (QED) is 0.277. The number of hydrogen-bond donors (Lipinski definition) is 0. The zero-order chi connectivity index (χ0) is 16.7. The average molecular weight is 313 g/mol. The summed E-state index contributed by atoms with van der Waals surface area (Å²) >= 11 is 0. The van der Waals surface area contributed by atoms with E-state index in [-0.39, 0.29) is 5.41 Å². The molecule has 0 fully saturated rings. The maximum atomic E-state index is 6.29. The lowest BCUT2D eigenvalue weighted by Gasteiger charge is -2.20. The van der Waals surface area contributed by atoms with Crippen LogP contribution in [-0.2, 0) is 5.41 Å². The molecule has 0 N–H and O–H groups in total. The van der Waals surface area contributed by atoms with Crippen molar-refractivity contribution in [1.29, 1.82) is 0 Å². The Bertz CT molecular complexity index is 1020. The highest BCUT2D eigenvalue weighted by molar-refractivity contribution is 6.07. The van der Waals surface area contributed by atoms with Gasteiger partial charge in [0.15, 0.2) is 0 Å². The van der Waals surface area contributed by atoms with Crippen molar-refractivity contribution in [2.75, 3.05) is 0 Å². The Balaban J connectivity index is 2.13. The molecule has 0 aliphatic rings. The second kappa shape index (κ2) is 5.45. The van der Waals surface area contributed by atoms with Crippen LogP contribution in [0.3, 0.4) is 0 Å². The zero-order valence-corrected chi connectivity index (χ0v) is 14.3. The van der Waals surface area contributed by atoms with E-state index in [4.69, 9.17) is 4.42 Å². The second-order valence-electron chi connectivity index (χ2n) is 7.30. The number of rotatable bonds is 1. The first-order valence-corrected chi connectivity index (χ1v) is 8.38. The molecule has 1 nitrogen and oxygen atoms in total. The fourth-order valence-corrected chi connectivity index (χ4v) is 3.30. The highest BCUT2D eigenvalue weighted by Gasteiger charge is 2.27. The van der Waals surface area contributed by atoms with E-state index >= 15 is 0 Å². The molecule has 0 radical (unpaired) electrons. The molecule has 0 amide bonds. The van der Waals surface area contributed by atoms with Gasteiger partial charge in [0.1, 0.15) is 0 Å². The summed E-state index contributed by atoms with van der Waals surface area (Å²) < 4.78 is 6.29. The summed E-state index contributed by atoms with van der Waals surface area (Å²) in [6, 6.07) is 25.3. The van der Waals surface area contributed by atoms with Crippen molar-refractivity contribution < 1.29 is 4.42 Å². The van der Waals surface area contributed by atoms with Gasteiger partial charge in [0.05, 0.1) is 10.9 Å². The molecule has 0 aliphatic heterocycles. The van der Waals surface area contributed by atoms with E-state index in [9.17, 15) is 0 Å². The van der Waals surface area contributed by atoms with Gasteiger partial charge in [0.25, 0.3) is 0 Å². The molecular weight excluding hydrogens is 292 g/mol. The van der Waals surface area contributed by atoms with E-state index in [0.717, 1.165) is 16.9 Å². The van der Waals surface area contributed by atoms with E-state index in [2.05, 4.69) is 75.4 Å². The van der Waals surface area contributed by atoms with Crippen LogP contribution in [0.5, 0.6) is 0 Å². The Morgan fingerprint density at radius 3 is 2.21 bits per heavy atom. The monoisotopic (exact) mass is 313 g/mol. The molecule has 0 saturated carbocycles. The van der Waals surface area contributed by atoms with Gasteiger partial charge in [-0.25, -0.2) is 4.42 Å². The molecular formula is C23H21O+. The molecule has 1 aromatic heterocycles. The first-order chi connectivity index (χ1) is 11.5. The molecule has 0 bridgehead atoms. The van der Waals surface area contributed by atoms with Crippen LogP contribution in [0.25, 0.3) is 33.1 Å². The molecule has 1 heterocycles. The molecule has 0 spiro atoms. The average Bonchev–Trinajstić information content (AvgIpc) is 2.60. The lowest BCUT2D eigenvalue weighted by Crippen LogP contribution is -2.12. The second-order valence-corrected chi connectivity index (χ2v) is 7.30. The van der Waals surface area contributed by atoms with Crippen LogP contribution in [0.2, 0.25) is 0 Å². The number of fused-ring (bicyclic) bond motifs is 3. The van der Waals surface area contributed by atoms with Crippen molar-refractivity contribution in [3.05, 3.63) is 78.4 Å². The summed E-state index contributed by atoms with van der Waals surface area (Å²) in [5.41, 5.74) is 3.40. The summed E-state index contributed by atoms with van der Waals surface area (Å²) in [5, 5.41) is 3.72. The maximum Gasteiger partial charge on any atom is 0.361 e. The van der Waals surface area contributed by atoms with E-state index in [0.29, 0.717) is 0 Å². The standard InChI is InChI=1S/C23H21O/c1-23(2,3)19-15-21(17-10-5-4-6-11-17)24-20-14-13-16-9-7-8-12-18(16)22(19)20/h4-15H,1-3H3/q+1. The van der Waals surface area contributed by atoms with Crippen LogP contribution in [-0.4, -0.2) is 0 Å². The van der Waals surface area contributed by atoms with Crippen LogP contribution in [0, 0.1) is 0 Å². The molecule has 4 aromatic rings. The summed E-state index contributed by atoms with van der Waals surface area (Å²) in [7, 11) is 0. The van der Waals surface area contributed by atoms with Gasteiger partial charge in [-0.2, -0.15) is 0 Å². The lowest BCUT2D eigenvalue weighted by atomic mass is 9.83. The number of hydrogen-bond acceptors (Lipinski definition) is 0. The topological polar surface area (TPSA) is 11.3 Å². The van der Waals surface area contributed by atoms with E-state index < -0.39 is 0 Å². The Hall–Kier alpha value is -2.67. The molecule has 0 aliphatic carbocycles. The summed E-state index contributed by atoms with van der Waals surface area (Å²) in [6.45, 7) is 6.79. The van der Waals surface area contributed by atoms with Gasteiger partial charge in [-0.3, -0.25) is 0 Å². The van der Waals surface area contributed by atoms with Crippen LogP contribution >= 0.6 is 0 Å². The predicted molar refractivity (Wildman–Crippen MR) is 102 cm³/mol. The molecule has 118 valence electrons. The van der Waals surface area contributed by atoms with Gasteiger partial charge in [-0.1, -0.05) is 63.2 Å². The molecule has 24 heavy (non-hydrogen) atoms. The molecule has 4 rings (SSSR count). The van der Waals surface area contributed by atoms with E-state index in [1.807, 2.05) is 18.2 Å². The summed E-state index contributed by atoms with van der Waals surface area (Å²) in [6.07, 6.45) is 0. The fraction of sp³-hybridized carbons (Fsp3) is 0.174. The van der Waals surface area contributed by atoms with Crippen molar-refractivity contribution in [3.63, 3.8) is 0 Å². The smallest absolute Gasteiger partial charge is 0.207 e. The summed E-state index contributed by atoms with van der Waals surface area (Å²) in [5.74, 6) is 0.920. The van der Waals surface area contributed by atoms with Crippen molar-refractivity contribution in [1.82, 2.24) is 0 Å². The Morgan fingerprint density at radius 2 is 1.46 bits per heavy atom. The molecule has 3 aromatic carbocycles. The molecule has 0 saturated heterocycles. The van der Waals surface area contributed by atoms with Gasteiger partial charge >= 0.3 is 11.3 Å². The minimum Gasteiger partial charge on any atom is -0.207 e. The van der Waals surface area contributed by atoms with E-state index in [1.54, 1.807) is 0 Å². The summed E-state index contributed by atoms with van der Waals surface area (Å²) in [4.78, 5) is 0. The zero-order valence-electron chi connectivity index (χ0n) is 14.3. The third-order valence-electron chi connectivity index (χ3n) is 4.52. The number of benzene rings is 3. The van der Waals surface area contributed by atoms with Gasteiger partial charge in [0.2, 0.25) is 0 Å². The maximum absolute atomic E-state index is 6.29. The predicted octanol–water partition coefficient (Wildman–Crippen LogP) is 6.83. The SMILES string of the molecule is CC(C)(C)c1cc(-c2ccccc2)[o+]c2ccc3ccccc3c12. The van der Waals surface area contributed by atoms with Crippen LogP contribution in [0.15, 0.2) is 77.2 Å². The third kappa shape index (κ3) is 2.46. The van der Waals surface area contributed by atoms with Gasteiger partial charge < -0.3 is 0 Å². The van der Waals surface area contributed by atoms with Gasteiger partial charge in [-0.15, -0.1) is 0 Å². The minimum atomic E-state index is 0.0304. The Morgan fingerprint density at radius 1 is 0.750 bits per heavy atom. The molecule has 0 unspecified atom stereocenters. The lowest BCUT2D eigenvalue weighted by molar-refractivity contribution is 0.576. The van der Waals surface area contributed by atoms with Crippen LogP contribution < -0.4 is 0 Å². The van der Waals surface area contributed by atoms with Gasteiger partial charge in [0, 0.05) is 12.1 Å². The van der Waals surface area contributed by atoms with E-state index in [1.165, 1.54) is 21.7 Å². The molecule has 0 atom stereocenters. The van der Waals surface area contributed by atoms with Crippen LogP contribution in [0.4, 0.5) is 0 Å². The van der Waals surface area contributed by atoms with Gasteiger partial charge in [-0.05, 0) is 39.9 Å². The van der Waals surface area contributed by atoms with Crippen molar-refractivity contribution in [2.45, 2.75) is 26.2 Å². The highest BCUT2D eigenvalue weighted by atomic mass is 16.3. The minimum absolute atomic E-state index is 0.0304. The molecule has 1 heteroatoms.